The standard InChI is InChI=1S/C23H28N6OS/c1-16-4-6-18(7-5-16)24-15-20-3-2-12-29(20)23-27-26-22(31-23)28-13-10-17(11-14-28)21(30)25-19-8-9-19/h2-7,12,17,19,24H,8-11,13-15H2,1H3,(H,25,30). The lowest BCUT2D eigenvalue weighted by molar-refractivity contribution is -0.125. The van der Waals surface area contributed by atoms with Gasteiger partial charge in [0.15, 0.2) is 0 Å². The summed E-state index contributed by atoms with van der Waals surface area (Å²) in [4.78, 5) is 14.6. The molecule has 0 atom stereocenters. The van der Waals surface area contributed by atoms with Crippen LogP contribution in [0, 0.1) is 12.8 Å². The zero-order chi connectivity index (χ0) is 21.2. The fraction of sp³-hybridized carbons (Fsp3) is 0.435. The average molecular weight is 437 g/mol. The van der Waals surface area contributed by atoms with Crippen molar-refractivity contribution in [3.8, 4) is 5.13 Å². The Labute approximate surface area is 186 Å². The number of amides is 1. The fourth-order valence-corrected chi connectivity index (χ4v) is 4.84. The lowest BCUT2D eigenvalue weighted by atomic mass is 9.96. The van der Waals surface area contributed by atoms with Gasteiger partial charge in [0, 0.05) is 42.6 Å². The smallest absolute Gasteiger partial charge is 0.223 e. The number of carbonyl (C=O) groups excluding carboxylic acids is 1. The summed E-state index contributed by atoms with van der Waals surface area (Å²) >= 11 is 1.60. The van der Waals surface area contributed by atoms with Gasteiger partial charge in [-0.1, -0.05) is 29.0 Å². The summed E-state index contributed by atoms with van der Waals surface area (Å²) in [5.74, 6) is 0.367. The number of aromatic nitrogens is 3. The van der Waals surface area contributed by atoms with E-state index >= 15 is 0 Å². The minimum atomic E-state index is 0.133. The maximum atomic E-state index is 12.3. The van der Waals surface area contributed by atoms with Crippen LogP contribution in [-0.4, -0.2) is 39.8 Å². The molecule has 0 spiro atoms. The number of rotatable bonds is 7. The third-order valence-corrected chi connectivity index (χ3v) is 7.01. The van der Waals surface area contributed by atoms with Gasteiger partial charge in [-0.15, -0.1) is 10.2 Å². The van der Waals surface area contributed by atoms with Gasteiger partial charge in [0.05, 0.1) is 6.54 Å². The van der Waals surface area contributed by atoms with Crippen molar-refractivity contribution in [3.05, 3.63) is 53.9 Å². The van der Waals surface area contributed by atoms with E-state index in [1.807, 2.05) is 12.3 Å². The minimum absolute atomic E-state index is 0.133. The van der Waals surface area contributed by atoms with Crippen molar-refractivity contribution in [2.24, 2.45) is 5.92 Å². The Hall–Kier alpha value is -2.87. The Kier molecular flexibility index (Phi) is 5.63. The molecule has 1 saturated carbocycles. The number of nitrogens with one attached hydrogen (secondary N) is 2. The normalized spacial score (nSPS) is 17.0. The lowest BCUT2D eigenvalue weighted by Gasteiger charge is -2.30. The molecule has 8 heteroatoms. The van der Waals surface area contributed by atoms with Crippen LogP contribution in [0.3, 0.4) is 0 Å². The monoisotopic (exact) mass is 436 g/mol. The molecule has 5 rings (SSSR count). The number of piperidine rings is 1. The second kappa shape index (κ2) is 8.70. The Bertz CT molecular complexity index is 1030. The highest BCUT2D eigenvalue weighted by Gasteiger charge is 2.30. The van der Waals surface area contributed by atoms with Gasteiger partial charge in [0.1, 0.15) is 0 Å². The summed E-state index contributed by atoms with van der Waals surface area (Å²) in [7, 11) is 0. The van der Waals surface area contributed by atoms with Gasteiger partial charge in [-0.25, -0.2) is 0 Å². The molecule has 162 valence electrons. The second-order valence-electron chi connectivity index (χ2n) is 8.50. The highest BCUT2D eigenvalue weighted by atomic mass is 32.1. The largest absolute Gasteiger partial charge is 0.379 e. The van der Waals surface area contributed by atoms with Gasteiger partial charge in [0.25, 0.3) is 0 Å². The van der Waals surface area contributed by atoms with E-state index in [2.05, 4.69) is 67.6 Å². The van der Waals surface area contributed by atoms with Crippen molar-refractivity contribution in [2.75, 3.05) is 23.3 Å². The second-order valence-corrected chi connectivity index (χ2v) is 9.43. The van der Waals surface area contributed by atoms with Crippen molar-refractivity contribution >= 4 is 28.1 Å². The molecule has 1 aliphatic carbocycles. The third-order valence-electron chi connectivity index (χ3n) is 6.03. The molecular formula is C23H28N6OS. The van der Waals surface area contributed by atoms with Crippen LogP contribution in [0.4, 0.5) is 10.8 Å². The van der Waals surface area contributed by atoms with Crippen molar-refractivity contribution < 1.29 is 4.79 Å². The molecule has 1 saturated heterocycles. The molecule has 3 aromatic rings. The number of nitrogens with zero attached hydrogens (tertiary/aromatic N) is 4. The molecule has 31 heavy (non-hydrogen) atoms. The van der Waals surface area contributed by atoms with Crippen molar-refractivity contribution in [1.82, 2.24) is 20.1 Å². The molecule has 0 bridgehead atoms. The Morgan fingerprint density at radius 2 is 1.81 bits per heavy atom. The summed E-state index contributed by atoms with van der Waals surface area (Å²) in [5.41, 5.74) is 3.49. The van der Waals surface area contributed by atoms with Gasteiger partial charge < -0.3 is 15.5 Å². The number of carbonyl (C=O) groups is 1. The van der Waals surface area contributed by atoms with E-state index in [-0.39, 0.29) is 11.8 Å². The first kappa shape index (κ1) is 20.1. The molecule has 1 amide bonds. The van der Waals surface area contributed by atoms with E-state index in [9.17, 15) is 4.79 Å². The maximum Gasteiger partial charge on any atom is 0.223 e. The molecular weight excluding hydrogens is 408 g/mol. The van der Waals surface area contributed by atoms with Crippen molar-refractivity contribution in [2.45, 2.75) is 45.2 Å². The van der Waals surface area contributed by atoms with E-state index in [0.29, 0.717) is 12.6 Å². The third kappa shape index (κ3) is 4.74. The van der Waals surface area contributed by atoms with Crippen molar-refractivity contribution in [1.29, 1.82) is 0 Å². The van der Waals surface area contributed by atoms with E-state index in [1.54, 1.807) is 11.3 Å². The van der Waals surface area contributed by atoms with Gasteiger partial charge in [-0.05, 0) is 56.9 Å². The first-order chi connectivity index (χ1) is 15.2. The highest BCUT2D eigenvalue weighted by molar-refractivity contribution is 7.17. The first-order valence-electron chi connectivity index (χ1n) is 11.0. The number of hydrogen-bond donors (Lipinski definition) is 2. The quantitative estimate of drug-likeness (QED) is 0.590. The van der Waals surface area contributed by atoms with Crippen LogP contribution in [0.2, 0.25) is 0 Å². The Balaban J connectivity index is 1.20. The minimum Gasteiger partial charge on any atom is -0.379 e. The fourth-order valence-electron chi connectivity index (χ4n) is 3.92. The van der Waals surface area contributed by atoms with E-state index in [4.69, 9.17) is 0 Å². The van der Waals surface area contributed by atoms with Crippen LogP contribution in [0.5, 0.6) is 0 Å². The van der Waals surface area contributed by atoms with Crippen LogP contribution < -0.4 is 15.5 Å². The molecule has 0 unspecified atom stereocenters. The van der Waals surface area contributed by atoms with Gasteiger partial charge in [-0.2, -0.15) is 0 Å². The Morgan fingerprint density at radius 1 is 1.06 bits per heavy atom. The zero-order valence-corrected chi connectivity index (χ0v) is 18.6. The summed E-state index contributed by atoms with van der Waals surface area (Å²) in [6, 6.07) is 13.0. The molecule has 1 aliphatic heterocycles. The number of anilines is 2. The molecule has 1 aromatic carbocycles. The summed E-state index contributed by atoms with van der Waals surface area (Å²) in [6.07, 6.45) is 6.07. The summed E-state index contributed by atoms with van der Waals surface area (Å²) in [5, 5.41) is 17.3. The SMILES string of the molecule is Cc1ccc(NCc2cccn2-c2nnc(N3CCC(C(=O)NC4CC4)CC3)s2)cc1. The Morgan fingerprint density at radius 3 is 2.55 bits per heavy atom. The molecule has 2 fully saturated rings. The molecule has 2 N–H and O–H groups in total. The number of benzene rings is 1. The molecule has 2 aromatic heterocycles. The van der Waals surface area contributed by atoms with Crippen LogP contribution in [-0.2, 0) is 11.3 Å². The summed E-state index contributed by atoms with van der Waals surface area (Å²) in [6.45, 7) is 4.51. The molecule has 0 radical (unpaired) electrons. The zero-order valence-electron chi connectivity index (χ0n) is 17.8. The first-order valence-corrected chi connectivity index (χ1v) is 11.8. The van der Waals surface area contributed by atoms with E-state index < -0.39 is 0 Å². The number of aryl methyl sites for hydroxylation is 1. The molecule has 7 nitrogen and oxygen atoms in total. The van der Waals surface area contributed by atoms with Crippen LogP contribution in [0.15, 0.2) is 42.6 Å². The van der Waals surface area contributed by atoms with Crippen LogP contribution in [0.1, 0.15) is 36.9 Å². The molecule has 2 aliphatic rings. The average Bonchev–Trinajstić information content (AvgIpc) is 3.26. The summed E-state index contributed by atoms with van der Waals surface area (Å²) < 4.78 is 2.10. The maximum absolute atomic E-state index is 12.3. The van der Waals surface area contributed by atoms with Crippen molar-refractivity contribution in [3.63, 3.8) is 0 Å². The lowest BCUT2D eigenvalue weighted by Crippen LogP contribution is -2.41. The van der Waals surface area contributed by atoms with Crippen LogP contribution >= 0.6 is 11.3 Å². The van der Waals surface area contributed by atoms with Gasteiger partial charge in [-0.3, -0.25) is 9.36 Å². The highest BCUT2D eigenvalue weighted by Crippen LogP contribution is 2.29. The number of hydrogen-bond acceptors (Lipinski definition) is 6. The van der Waals surface area contributed by atoms with Gasteiger partial charge >= 0.3 is 0 Å². The molecule has 3 heterocycles. The van der Waals surface area contributed by atoms with Gasteiger partial charge in [0.2, 0.25) is 16.2 Å². The topological polar surface area (TPSA) is 75.1 Å². The predicted octanol–water partition coefficient (Wildman–Crippen LogP) is 3.74. The van der Waals surface area contributed by atoms with E-state index in [0.717, 1.165) is 60.4 Å². The predicted molar refractivity (Wildman–Crippen MR) is 124 cm³/mol. The van der Waals surface area contributed by atoms with Crippen LogP contribution in [0.25, 0.3) is 5.13 Å². The van der Waals surface area contributed by atoms with E-state index in [1.165, 1.54) is 5.56 Å².